The predicted molar refractivity (Wildman–Crippen MR) is 126 cm³/mol. The van der Waals surface area contributed by atoms with Crippen LogP contribution in [0.3, 0.4) is 0 Å². The number of carbonyl (C=O) groups is 1. The maximum absolute atomic E-state index is 13.3. The molecule has 0 amide bonds. The summed E-state index contributed by atoms with van der Waals surface area (Å²) in [6, 6.07) is 24.2. The van der Waals surface area contributed by atoms with E-state index < -0.39 is 0 Å². The standard InChI is InChI=1S/C25H24N4O3/c1-17-12-14-18(15-13-17)25(30)29-24(27-20-9-5-7-11-22(20)32-3)16-23(28-29)26-19-8-4-6-10-21(19)31-2/h4-16,27H,1-3H3,(H,26,28). The van der Waals surface area contributed by atoms with Crippen LogP contribution in [0.2, 0.25) is 0 Å². The van der Waals surface area contributed by atoms with Crippen LogP contribution in [0.25, 0.3) is 0 Å². The molecule has 0 aliphatic rings. The Morgan fingerprint density at radius 3 is 1.97 bits per heavy atom. The third-order valence-corrected chi connectivity index (χ3v) is 4.94. The number of hydrogen-bond acceptors (Lipinski definition) is 6. The molecular formula is C25H24N4O3. The number of ether oxygens (including phenoxy) is 2. The van der Waals surface area contributed by atoms with Gasteiger partial charge in [-0.05, 0) is 43.3 Å². The van der Waals surface area contributed by atoms with Crippen molar-refractivity contribution < 1.29 is 14.3 Å². The molecule has 0 radical (unpaired) electrons. The van der Waals surface area contributed by atoms with Crippen molar-refractivity contribution in [3.05, 3.63) is 90.0 Å². The van der Waals surface area contributed by atoms with Gasteiger partial charge in [-0.25, -0.2) is 0 Å². The molecule has 32 heavy (non-hydrogen) atoms. The number of nitrogens with zero attached hydrogens (tertiary/aromatic N) is 2. The Balaban J connectivity index is 1.74. The number of hydrogen-bond donors (Lipinski definition) is 2. The molecule has 1 aromatic heterocycles. The van der Waals surface area contributed by atoms with Gasteiger partial charge in [0.2, 0.25) is 0 Å². The molecule has 0 bridgehead atoms. The monoisotopic (exact) mass is 428 g/mol. The van der Waals surface area contributed by atoms with E-state index in [0.717, 1.165) is 16.9 Å². The fourth-order valence-electron chi connectivity index (χ4n) is 3.28. The van der Waals surface area contributed by atoms with E-state index in [9.17, 15) is 4.79 Å². The molecule has 0 spiro atoms. The van der Waals surface area contributed by atoms with E-state index in [1.807, 2.05) is 67.6 Å². The van der Waals surface area contributed by atoms with Crippen molar-refractivity contribution in [3.63, 3.8) is 0 Å². The minimum absolute atomic E-state index is 0.254. The number of aryl methyl sites for hydroxylation is 1. The van der Waals surface area contributed by atoms with Crippen LogP contribution in [0.15, 0.2) is 78.9 Å². The molecule has 162 valence electrons. The Hall–Kier alpha value is -4.26. The molecule has 4 rings (SSSR count). The second kappa shape index (κ2) is 9.26. The normalized spacial score (nSPS) is 10.5. The van der Waals surface area contributed by atoms with Gasteiger partial charge in [-0.3, -0.25) is 4.79 Å². The van der Waals surface area contributed by atoms with Crippen LogP contribution >= 0.6 is 0 Å². The van der Waals surface area contributed by atoms with Crippen LogP contribution in [-0.4, -0.2) is 29.9 Å². The lowest BCUT2D eigenvalue weighted by Crippen LogP contribution is -2.16. The molecule has 0 atom stereocenters. The first kappa shape index (κ1) is 21.0. The molecule has 0 aliphatic heterocycles. The number of nitrogens with one attached hydrogen (secondary N) is 2. The van der Waals surface area contributed by atoms with E-state index in [4.69, 9.17) is 9.47 Å². The van der Waals surface area contributed by atoms with Crippen molar-refractivity contribution in [2.24, 2.45) is 0 Å². The lowest BCUT2D eigenvalue weighted by molar-refractivity contribution is 0.0948. The summed E-state index contributed by atoms with van der Waals surface area (Å²) in [5, 5.41) is 11.0. The Bertz CT molecular complexity index is 1230. The minimum atomic E-state index is -0.254. The van der Waals surface area contributed by atoms with Crippen LogP contribution in [0.4, 0.5) is 23.0 Å². The molecule has 0 unspecified atom stereocenters. The lowest BCUT2D eigenvalue weighted by Gasteiger charge is -2.12. The van der Waals surface area contributed by atoms with E-state index in [-0.39, 0.29) is 5.91 Å². The Morgan fingerprint density at radius 1 is 0.812 bits per heavy atom. The predicted octanol–water partition coefficient (Wildman–Crippen LogP) is 5.38. The van der Waals surface area contributed by atoms with Gasteiger partial charge < -0.3 is 20.1 Å². The van der Waals surface area contributed by atoms with Crippen LogP contribution in [0.1, 0.15) is 15.9 Å². The van der Waals surface area contributed by atoms with Gasteiger partial charge in [0.25, 0.3) is 5.91 Å². The number of carbonyl (C=O) groups excluding carboxylic acids is 1. The third kappa shape index (κ3) is 4.41. The molecule has 7 heteroatoms. The second-order valence-corrected chi connectivity index (χ2v) is 7.15. The van der Waals surface area contributed by atoms with Gasteiger partial charge in [-0.1, -0.05) is 42.0 Å². The Kier molecular flexibility index (Phi) is 6.07. The van der Waals surface area contributed by atoms with Gasteiger partial charge in [-0.2, -0.15) is 4.68 Å². The van der Waals surface area contributed by atoms with Gasteiger partial charge >= 0.3 is 0 Å². The van der Waals surface area contributed by atoms with Crippen LogP contribution in [-0.2, 0) is 0 Å². The van der Waals surface area contributed by atoms with Crippen molar-refractivity contribution in [2.45, 2.75) is 6.92 Å². The first-order chi connectivity index (χ1) is 15.6. The lowest BCUT2D eigenvalue weighted by atomic mass is 10.1. The zero-order chi connectivity index (χ0) is 22.5. The maximum Gasteiger partial charge on any atom is 0.280 e. The Labute approximate surface area is 186 Å². The molecule has 0 aliphatic carbocycles. The number of methoxy groups -OCH3 is 2. The molecule has 7 nitrogen and oxygen atoms in total. The highest BCUT2D eigenvalue weighted by Crippen LogP contribution is 2.31. The first-order valence-corrected chi connectivity index (χ1v) is 10.1. The first-order valence-electron chi connectivity index (χ1n) is 10.1. The topological polar surface area (TPSA) is 77.4 Å². The van der Waals surface area contributed by atoms with E-state index in [0.29, 0.717) is 28.7 Å². The quantitative estimate of drug-likeness (QED) is 0.411. The molecule has 1 heterocycles. The largest absolute Gasteiger partial charge is 0.495 e. The highest BCUT2D eigenvalue weighted by molar-refractivity contribution is 5.98. The molecule has 0 saturated carbocycles. The molecule has 4 aromatic rings. The van der Waals surface area contributed by atoms with Crippen molar-refractivity contribution in [3.8, 4) is 11.5 Å². The van der Waals surface area contributed by atoms with Gasteiger partial charge in [0, 0.05) is 11.6 Å². The molecular weight excluding hydrogens is 404 g/mol. The number of aromatic nitrogens is 2. The molecule has 2 N–H and O–H groups in total. The average molecular weight is 428 g/mol. The van der Waals surface area contributed by atoms with Gasteiger partial charge in [0.15, 0.2) is 5.82 Å². The summed E-state index contributed by atoms with van der Waals surface area (Å²) >= 11 is 0. The summed E-state index contributed by atoms with van der Waals surface area (Å²) in [4.78, 5) is 13.3. The zero-order valence-corrected chi connectivity index (χ0v) is 18.1. The summed E-state index contributed by atoms with van der Waals surface area (Å²) in [5.41, 5.74) is 3.07. The van der Waals surface area contributed by atoms with Crippen molar-refractivity contribution >= 4 is 28.9 Å². The number of para-hydroxylation sites is 4. The number of benzene rings is 3. The molecule has 0 fully saturated rings. The van der Waals surface area contributed by atoms with Crippen molar-refractivity contribution in [2.75, 3.05) is 24.9 Å². The van der Waals surface area contributed by atoms with Gasteiger partial charge in [0.1, 0.15) is 17.3 Å². The summed E-state index contributed by atoms with van der Waals surface area (Å²) < 4.78 is 12.2. The highest BCUT2D eigenvalue weighted by Gasteiger charge is 2.18. The van der Waals surface area contributed by atoms with Crippen LogP contribution in [0.5, 0.6) is 11.5 Å². The molecule has 3 aromatic carbocycles. The smallest absolute Gasteiger partial charge is 0.280 e. The fraction of sp³-hybridized carbons (Fsp3) is 0.120. The summed E-state index contributed by atoms with van der Waals surface area (Å²) in [5.74, 6) is 2.06. The van der Waals surface area contributed by atoms with E-state index in [1.165, 1.54) is 4.68 Å². The highest BCUT2D eigenvalue weighted by atomic mass is 16.5. The summed E-state index contributed by atoms with van der Waals surface area (Å²) in [6.45, 7) is 1.98. The van der Waals surface area contributed by atoms with Crippen LogP contribution < -0.4 is 20.1 Å². The third-order valence-electron chi connectivity index (χ3n) is 4.94. The van der Waals surface area contributed by atoms with Gasteiger partial charge in [-0.15, -0.1) is 5.10 Å². The van der Waals surface area contributed by atoms with Crippen LogP contribution in [0, 0.1) is 6.92 Å². The average Bonchev–Trinajstić information content (AvgIpc) is 3.21. The number of rotatable bonds is 7. The van der Waals surface area contributed by atoms with E-state index in [2.05, 4.69) is 15.7 Å². The van der Waals surface area contributed by atoms with Gasteiger partial charge in [0.05, 0.1) is 25.6 Å². The van der Waals surface area contributed by atoms with Crippen molar-refractivity contribution in [1.29, 1.82) is 0 Å². The van der Waals surface area contributed by atoms with E-state index in [1.54, 1.807) is 32.4 Å². The zero-order valence-electron chi connectivity index (χ0n) is 18.1. The molecule has 0 saturated heterocycles. The summed E-state index contributed by atoms with van der Waals surface area (Å²) in [6.07, 6.45) is 0. The SMILES string of the molecule is COc1ccccc1Nc1cc(Nc2ccccc2OC)n(C(=O)c2ccc(C)cc2)n1. The minimum Gasteiger partial charge on any atom is -0.495 e. The Morgan fingerprint density at radius 2 is 1.38 bits per heavy atom. The fourth-order valence-corrected chi connectivity index (χ4v) is 3.28. The maximum atomic E-state index is 13.3. The van der Waals surface area contributed by atoms with Crippen molar-refractivity contribution in [1.82, 2.24) is 9.78 Å². The second-order valence-electron chi connectivity index (χ2n) is 7.15. The van der Waals surface area contributed by atoms with E-state index >= 15 is 0 Å². The summed E-state index contributed by atoms with van der Waals surface area (Å²) in [7, 11) is 3.21. The number of anilines is 4.